The standard InChI is InChI=1S/C26H27FN4O2.2C2H6/c1-18-16-30(17-29-18)23-9-4-19(15-24(23)32-3)14-20-10-13-33-31-25(20)28-12-11-26(31,2)21-5-7-22(27)8-6-21;2*1-2/h4-9,14-17H,10-13H2,1-3H3;2*1-2H3/b20-14+;;. The van der Waals surface area contributed by atoms with Crippen molar-refractivity contribution in [1.82, 2.24) is 14.6 Å². The van der Waals surface area contributed by atoms with E-state index >= 15 is 0 Å². The fourth-order valence-corrected chi connectivity index (χ4v) is 4.53. The van der Waals surface area contributed by atoms with E-state index in [2.05, 4.69) is 24.1 Å². The van der Waals surface area contributed by atoms with Gasteiger partial charge in [0.1, 0.15) is 11.6 Å². The molecule has 1 saturated heterocycles. The van der Waals surface area contributed by atoms with Crippen LogP contribution in [0.5, 0.6) is 5.75 Å². The zero-order chi connectivity index (χ0) is 27.0. The Morgan fingerprint density at radius 2 is 1.81 bits per heavy atom. The second kappa shape index (κ2) is 12.7. The highest BCUT2D eigenvalue weighted by atomic mass is 19.1. The molecule has 0 radical (unpaired) electrons. The molecule has 0 spiro atoms. The van der Waals surface area contributed by atoms with Gasteiger partial charge in [0.05, 0.1) is 37.0 Å². The van der Waals surface area contributed by atoms with Crippen molar-refractivity contribution in [3.05, 3.63) is 83.2 Å². The molecule has 5 rings (SSSR count). The number of nitrogens with zero attached hydrogens (tertiary/aromatic N) is 4. The van der Waals surface area contributed by atoms with E-state index in [4.69, 9.17) is 14.6 Å². The first-order chi connectivity index (χ1) is 18.0. The lowest BCUT2D eigenvalue weighted by atomic mass is 9.85. The summed E-state index contributed by atoms with van der Waals surface area (Å²) in [7, 11) is 1.68. The van der Waals surface area contributed by atoms with Crippen molar-refractivity contribution in [3.8, 4) is 11.4 Å². The Morgan fingerprint density at radius 3 is 2.46 bits per heavy atom. The minimum absolute atomic E-state index is 0.240. The Labute approximate surface area is 220 Å². The van der Waals surface area contributed by atoms with Crippen LogP contribution in [0, 0.1) is 12.7 Å². The van der Waals surface area contributed by atoms with E-state index in [0.717, 1.165) is 52.5 Å². The number of aromatic nitrogens is 2. The van der Waals surface area contributed by atoms with Gasteiger partial charge >= 0.3 is 0 Å². The van der Waals surface area contributed by atoms with Gasteiger partial charge in [0.2, 0.25) is 0 Å². The molecule has 1 atom stereocenters. The van der Waals surface area contributed by atoms with E-state index in [1.807, 2.05) is 74.7 Å². The maximum atomic E-state index is 13.5. The van der Waals surface area contributed by atoms with Crippen molar-refractivity contribution in [2.75, 3.05) is 20.3 Å². The van der Waals surface area contributed by atoms with Crippen LogP contribution in [0.2, 0.25) is 0 Å². The molecule has 1 aromatic heterocycles. The van der Waals surface area contributed by atoms with Crippen LogP contribution in [0.15, 0.2) is 65.6 Å². The van der Waals surface area contributed by atoms with E-state index in [9.17, 15) is 4.39 Å². The van der Waals surface area contributed by atoms with Gasteiger partial charge in [-0.15, -0.1) is 0 Å². The first kappa shape index (κ1) is 28.1. The van der Waals surface area contributed by atoms with Crippen molar-refractivity contribution in [2.45, 2.75) is 59.9 Å². The summed E-state index contributed by atoms with van der Waals surface area (Å²) in [6.07, 6.45) is 7.46. The Balaban J connectivity index is 0.000000907. The van der Waals surface area contributed by atoms with E-state index < -0.39 is 5.54 Å². The van der Waals surface area contributed by atoms with Gasteiger partial charge in [-0.3, -0.25) is 9.83 Å². The molecule has 1 unspecified atom stereocenters. The van der Waals surface area contributed by atoms with Crippen molar-refractivity contribution in [2.24, 2.45) is 4.99 Å². The number of aliphatic imine (C=N–C) groups is 1. The molecule has 198 valence electrons. The highest BCUT2D eigenvalue weighted by Gasteiger charge is 2.42. The number of hydroxylamine groups is 2. The number of ether oxygens (including phenoxy) is 1. The zero-order valence-electron chi connectivity index (χ0n) is 23.1. The van der Waals surface area contributed by atoms with Gasteiger partial charge in [-0.05, 0) is 67.3 Å². The second-order valence-electron chi connectivity index (χ2n) is 8.64. The summed E-state index contributed by atoms with van der Waals surface area (Å²) >= 11 is 0. The van der Waals surface area contributed by atoms with Gasteiger partial charge in [0.15, 0.2) is 5.84 Å². The lowest BCUT2D eigenvalue weighted by molar-refractivity contribution is -0.177. The summed E-state index contributed by atoms with van der Waals surface area (Å²) in [5.74, 6) is 1.37. The molecular weight excluding hydrogens is 467 g/mol. The topological polar surface area (TPSA) is 51.9 Å². The van der Waals surface area contributed by atoms with Crippen molar-refractivity contribution < 1.29 is 14.0 Å². The Kier molecular flexibility index (Phi) is 9.64. The van der Waals surface area contributed by atoms with E-state index in [0.29, 0.717) is 13.2 Å². The molecule has 0 bridgehead atoms. The van der Waals surface area contributed by atoms with Crippen molar-refractivity contribution in [1.29, 1.82) is 0 Å². The summed E-state index contributed by atoms with van der Waals surface area (Å²) in [5.41, 5.74) is 4.63. The number of amidine groups is 1. The molecule has 2 aliphatic heterocycles. The number of hydrogen-bond acceptors (Lipinski definition) is 5. The molecule has 7 heteroatoms. The van der Waals surface area contributed by atoms with Gasteiger partial charge in [0.25, 0.3) is 0 Å². The molecule has 0 saturated carbocycles. The first-order valence-electron chi connectivity index (χ1n) is 13.1. The minimum atomic E-state index is -0.412. The number of rotatable bonds is 4. The number of fused-ring (bicyclic) bond motifs is 1. The normalized spacial score (nSPS) is 19.6. The van der Waals surface area contributed by atoms with Gasteiger partial charge in [-0.1, -0.05) is 45.9 Å². The summed E-state index contributed by atoms with van der Waals surface area (Å²) in [6, 6.07) is 12.8. The number of hydrogen-bond donors (Lipinski definition) is 0. The summed E-state index contributed by atoms with van der Waals surface area (Å²) in [5, 5.41) is 1.92. The van der Waals surface area contributed by atoms with E-state index in [1.165, 1.54) is 12.1 Å². The van der Waals surface area contributed by atoms with Gasteiger partial charge in [0, 0.05) is 19.2 Å². The van der Waals surface area contributed by atoms with Crippen LogP contribution in [0.1, 0.15) is 64.3 Å². The van der Waals surface area contributed by atoms with Crippen LogP contribution in [-0.4, -0.2) is 40.7 Å². The Morgan fingerprint density at radius 1 is 1.08 bits per heavy atom. The zero-order valence-corrected chi connectivity index (χ0v) is 23.1. The third kappa shape index (κ3) is 5.93. The average molecular weight is 507 g/mol. The third-order valence-electron chi connectivity index (χ3n) is 6.38. The monoisotopic (exact) mass is 506 g/mol. The predicted octanol–water partition coefficient (Wildman–Crippen LogP) is 7.12. The number of halogens is 1. The van der Waals surface area contributed by atoms with Crippen LogP contribution in [-0.2, 0) is 10.4 Å². The molecular formula is C30H39FN4O2. The highest BCUT2D eigenvalue weighted by Crippen LogP contribution is 2.39. The van der Waals surface area contributed by atoms with Crippen LogP contribution in [0.4, 0.5) is 4.39 Å². The molecule has 2 aliphatic rings. The molecule has 3 heterocycles. The highest BCUT2D eigenvalue weighted by molar-refractivity contribution is 6.02. The lowest BCUT2D eigenvalue weighted by Crippen LogP contribution is -2.53. The predicted molar refractivity (Wildman–Crippen MR) is 149 cm³/mol. The maximum Gasteiger partial charge on any atom is 0.152 e. The molecule has 37 heavy (non-hydrogen) atoms. The molecule has 3 aromatic rings. The molecule has 2 aromatic carbocycles. The minimum Gasteiger partial charge on any atom is -0.495 e. The van der Waals surface area contributed by atoms with Crippen LogP contribution in [0.3, 0.4) is 0 Å². The fraction of sp³-hybridized carbons (Fsp3) is 0.400. The maximum absolute atomic E-state index is 13.5. The van der Waals surface area contributed by atoms with Gasteiger partial charge in [-0.2, -0.15) is 0 Å². The Bertz CT molecular complexity index is 1230. The van der Waals surface area contributed by atoms with E-state index in [-0.39, 0.29) is 5.82 Å². The van der Waals surface area contributed by atoms with Crippen LogP contribution < -0.4 is 4.74 Å². The number of benzene rings is 2. The summed E-state index contributed by atoms with van der Waals surface area (Å²) in [6.45, 7) is 13.3. The Hall–Kier alpha value is -3.45. The van der Waals surface area contributed by atoms with Crippen LogP contribution >= 0.6 is 0 Å². The smallest absolute Gasteiger partial charge is 0.152 e. The number of methoxy groups -OCH3 is 1. The first-order valence-corrected chi connectivity index (χ1v) is 13.1. The van der Waals surface area contributed by atoms with Gasteiger partial charge in [-0.25, -0.2) is 14.4 Å². The summed E-state index contributed by atoms with van der Waals surface area (Å²) in [4.78, 5) is 15.2. The average Bonchev–Trinajstić information content (AvgIpc) is 3.37. The van der Waals surface area contributed by atoms with Gasteiger partial charge < -0.3 is 9.30 Å². The SMILES string of the molecule is CC.CC.COc1cc(/C=C2\CCON3C2=NCCC3(C)c2ccc(F)cc2)ccc1-n1cnc(C)c1. The largest absolute Gasteiger partial charge is 0.495 e. The molecule has 0 aliphatic carbocycles. The van der Waals surface area contributed by atoms with Crippen LogP contribution in [0.25, 0.3) is 11.8 Å². The quantitative estimate of drug-likeness (QED) is 0.378. The fourth-order valence-electron chi connectivity index (χ4n) is 4.53. The molecule has 0 N–H and O–H groups in total. The van der Waals surface area contributed by atoms with Crippen molar-refractivity contribution >= 4 is 11.9 Å². The molecule has 1 fully saturated rings. The third-order valence-corrected chi connectivity index (χ3v) is 6.38. The lowest BCUT2D eigenvalue weighted by Gasteiger charge is -2.47. The summed E-state index contributed by atoms with van der Waals surface area (Å²) < 4.78 is 21.2. The molecule has 0 amide bonds. The molecule has 6 nitrogen and oxygen atoms in total. The van der Waals surface area contributed by atoms with E-state index in [1.54, 1.807) is 13.4 Å². The second-order valence-corrected chi connectivity index (χ2v) is 8.64. The number of aryl methyl sites for hydroxylation is 1. The number of imidazole rings is 1. The van der Waals surface area contributed by atoms with Crippen molar-refractivity contribution in [3.63, 3.8) is 0 Å².